The zero-order valence-corrected chi connectivity index (χ0v) is 11.3. The van der Waals surface area contributed by atoms with Crippen molar-refractivity contribution in [2.75, 3.05) is 5.32 Å². The van der Waals surface area contributed by atoms with Crippen LogP contribution in [0.5, 0.6) is 5.75 Å². The molecular formula is C14H9F3N2O4. The minimum atomic E-state index is -4.81. The first-order valence-corrected chi connectivity index (χ1v) is 6.17. The number of nitrogens with one attached hydrogen (secondary N) is 1. The molecule has 0 bridgehead atoms. The van der Waals surface area contributed by atoms with Crippen LogP contribution in [0.25, 0.3) is 0 Å². The third-order valence-electron chi connectivity index (χ3n) is 2.69. The largest absolute Gasteiger partial charge is 0.573 e. The Labute approximate surface area is 127 Å². The van der Waals surface area contributed by atoms with Crippen molar-refractivity contribution in [3.63, 3.8) is 0 Å². The van der Waals surface area contributed by atoms with Crippen molar-refractivity contribution in [2.45, 2.75) is 6.36 Å². The molecule has 2 aromatic rings. The van der Waals surface area contributed by atoms with Crippen molar-refractivity contribution < 1.29 is 27.6 Å². The number of nitrogens with zero attached hydrogens (tertiary/aromatic N) is 1. The van der Waals surface area contributed by atoms with Crippen LogP contribution in [0, 0.1) is 10.1 Å². The predicted octanol–water partition coefficient (Wildman–Crippen LogP) is 3.75. The molecule has 2 aromatic carbocycles. The summed E-state index contributed by atoms with van der Waals surface area (Å²) in [6, 6.07) is 9.73. The molecule has 1 N–H and O–H groups in total. The molecule has 2 rings (SSSR count). The molecule has 0 aliphatic carbocycles. The Kier molecular flexibility index (Phi) is 4.49. The van der Waals surface area contributed by atoms with Gasteiger partial charge in [-0.2, -0.15) is 0 Å². The number of halogens is 3. The van der Waals surface area contributed by atoms with E-state index in [2.05, 4.69) is 10.1 Å². The molecule has 0 saturated heterocycles. The fourth-order valence-electron chi connectivity index (χ4n) is 1.76. The van der Waals surface area contributed by atoms with Crippen molar-refractivity contribution in [2.24, 2.45) is 0 Å². The van der Waals surface area contributed by atoms with Gasteiger partial charge in [0, 0.05) is 11.8 Å². The first-order valence-electron chi connectivity index (χ1n) is 6.17. The van der Waals surface area contributed by atoms with E-state index in [0.717, 1.165) is 12.1 Å². The van der Waals surface area contributed by atoms with Crippen LogP contribution in [-0.4, -0.2) is 17.2 Å². The van der Waals surface area contributed by atoms with Gasteiger partial charge < -0.3 is 10.1 Å². The summed E-state index contributed by atoms with van der Waals surface area (Å²) in [7, 11) is 0. The maximum atomic E-state index is 12.0. The molecule has 1 amide bonds. The van der Waals surface area contributed by atoms with Crippen molar-refractivity contribution in [3.8, 4) is 5.75 Å². The van der Waals surface area contributed by atoms with Crippen molar-refractivity contribution in [3.05, 3.63) is 64.2 Å². The number of carbonyl (C=O) groups excluding carboxylic acids is 1. The number of benzene rings is 2. The summed E-state index contributed by atoms with van der Waals surface area (Å²) in [6.45, 7) is 0. The second-order valence-corrected chi connectivity index (χ2v) is 4.30. The SMILES string of the molecule is O=C(Nc1ccc(OC(F)(F)F)cc1)c1ccccc1[N+](=O)[O-]. The molecule has 0 aliphatic rings. The summed E-state index contributed by atoms with van der Waals surface area (Å²) in [6.07, 6.45) is -4.81. The zero-order valence-electron chi connectivity index (χ0n) is 11.3. The lowest BCUT2D eigenvalue weighted by molar-refractivity contribution is -0.385. The highest BCUT2D eigenvalue weighted by molar-refractivity contribution is 6.07. The molecule has 6 nitrogen and oxygen atoms in total. The highest BCUT2D eigenvalue weighted by Crippen LogP contribution is 2.25. The average Bonchev–Trinajstić information content (AvgIpc) is 2.47. The molecule has 23 heavy (non-hydrogen) atoms. The fourth-order valence-corrected chi connectivity index (χ4v) is 1.76. The van der Waals surface area contributed by atoms with Crippen LogP contribution in [0.3, 0.4) is 0 Å². The van der Waals surface area contributed by atoms with E-state index in [-0.39, 0.29) is 16.9 Å². The predicted molar refractivity (Wildman–Crippen MR) is 74.2 cm³/mol. The molecule has 0 aliphatic heterocycles. The Hall–Kier alpha value is -3.10. The van der Waals surface area contributed by atoms with E-state index in [9.17, 15) is 28.1 Å². The van der Waals surface area contributed by atoms with Gasteiger partial charge in [0.2, 0.25) is 0 Å². The highest BCUT2D eigenvalue weighted by atomic mass is 19.4. The molecule has 0 fully saturated rings. The number of alkyl halides is 3. The summed E-state index contributed by atoms with van der Waals surface area (Å²) in [5.41, 5.74) is -0.363. The Morgan fingerprint density at radius 2 is 1.70 bits per heavy atom. The smallest absolute Gasteiger partial charge is 0.406 e. The first-order chi connectivity index (χ1) is 10.8. The number of carbonyl (C=O) groups is 1. The lowest BCUT2D eigenvalue weighted by Gasteiger charge is -2.10. The van der Waals surface area contributed by atoms with Crippen LogP contribution in [0.15, 0.2) is 48.5 Å². The number of rotatable bonds is 4. The number of anilines is 1. The van der Waals surface area contributed by atoms with E-state index >= 15 is 0 Å². The molecule has 0 spiro atoms. The number of hydrogen-bond acceptors (Lipinski definition) is 4. The van der Waals surface area contributed by atoms with Crippen LogP contribution in [0.2, 0.25) is 0 Å². The highest BCUT2D eigenvalue weighted by Gasteiger charge is 2.31. The second kappa shape index (κ2) is 6.34. The maximum Gasteiger partial charge on any atom is 0.573 e. The number of nitro groups is 1. The van der Waals surface area contributed by atoms with Crippen molar-refractivity contribution in [1.82, 2.24) is 0 Å². The molecule has 0 radical (unpaired) electrons. The minimum Gasteiger partial charge on any atom is -0.406 e. The monoisotopic (exact) mass is 326 g/mol. The summed E-state index contributed by atoms with van der Waals surface area (Å²) in [5.74, 6) is -1.19. The minimum absolute atomic E-state index is 0.159. The van der Waals surface area contributed by atoms with Gasteiger partial charge in [0.15, 0.2) is 0 Å². The van der Waals surface area contributed by atoms with Crippen LogP contribution >= 0.6 is 0 Å². The van der Waals surface area contributed by atoms with Gasteiger partial charge in [0.05, 0.1) is 4.92 Å². The molecule has 0 saturated carbocycles. The topological polar surface area (TPSA) is 81.5 Å². The number of nitro benzene ring substituents is 1. The van der Waals surface area contributed by atoms with E-state index in [1.807, 2.05) is 0 Å². The van der Waals surface area contributed by atoms with E-state index in [1.54, 1.807) is 0 Å². The van der Waals surface area contributed by atoms with Gasteiger partial charge in [-0.3, -0.25) is 14.9 Å². The van der Waals surface area contributed by atoms with E-state index in [4.69, 9.17) is 0 Å². The van der Waals surface area contributed by atoms with Crippen molar-refractivity contribution >= 4 is 17.3 Å². The second-order valence-electron chi connectivity index (χ2n) is 4.30. The van der Waals surface area contributed by atoms with Gasteiger partial charge in [-0.1, -0.05) is 12.1 Å². The summed E-state index contributed by atoms with van der Waals surface area (Å²) < 4.78 is 39.8. The first kappa shape index (κ1) is 16.3. The van der Waals surface area contributed by atoms with E-state index in [1.165, 1.54) is 36.4 Å². The molecule has 0 heterocycles. The van der Waals surface area contributed by atoms with E-state index in [0.29, 0.717) is 0 Å². The zero-order chi connectivity index (χ0) is 17.0. The number of ether oxygens (including phenoxy) is 1. The number of para-hydroxylation sites is 1. The lowest BCUT2D eigenvalue weighted by Crippen LogP contribution is -2.17. The molecular weight excluding hydrogens is 317 g/mol. The molecule has 0 atom stereocenters. The Morgan fingerprint density at radius 3 is 2.26 bits per heavy atom. The standard InChI is InChI=1S/C14H9F3N2O4/c15-14(16,17)23-10-7-5-9(6-8-10)18-13(20)11-3-1-2-4-12(11)19(21)22/h1-8H,(H,18,20). The fraction of sp³-hybridized carbons (Fsp3) is 0.0714. The van der Waals surface area contributed by atoms with Crippen LogP contribution in [-0.2, 0) is 0 Å². The van der Waals surface area contributed by atoms with Gasteiger partial charge >= 0.3 is 6.36 Å². The van der Waals surface area contributed by atoms with Crippen LogP contribution < -0.4 is 10.1 Å². The van der Waals surface area contributed by atoms with Gasteiger partial charge in [-0.25, -0.2) is 0 Å². The molecule has 0 unspecified atom stereocenters. The Morgan fingerprint density at radius 1 is 1.09 bits per heavy atom. The quantitative estimate of drug-likeness (QED) is 0.685. The molecule has 0 aromatic heterocycles. The summed E-state index contributed by atoms with van der Waals surface area (Å²) in [5, 5.41) is 13.2. The number of hydrogen-bond donors (Lipinski definition) is 1. The third-order valence-corrected chi connectivity index (χ3v) is 2.69. The van der Waals surface area contributed by atoms with Gasteiger partial charge in [0.25, 0.3) is 11.6 Å². The maximum absolute atomic E-state index is 12.0. The number of amides is 1. The van der Waals surface area contributed by atoms with Gasteiger partial charge in [-0.15, -0.1) is 13.2 Å². The third kappa shape index (κ3) is 4.43. The molecule has 9 heteroatoms. The molecule has 120 valence electrons. The summed E-state index contributed by atoms with van der Waals surface area (Å²) in [4.78, 5) is 22.2. The van der Waals surface area contributed by atoms with Crippen LogP contribution in [0.4, 0.5) is 24.5 Å². The van der Waals surface area contributed by atoms with Gasteiger partial charge in [-0.05, 0) is 30.3 Å². The van der Waals surface area contributed by atoms with Crippen molar-refractivity contribution in [1.29, 1.82) is 0 Å². The Balaban J connectivity index is 2.14. The normalized spacial score (nSPS) is 10.9. The van der Waals surface area contributed by atoms with E-state index < -0.39 is 22.9 Å². The lowest BCUT2D eigenvalue weighted by atomic mass is 10.1. The van der Waals surface area contributed by atoms with Crippen LogP contribution in [0.1, 0.15) is 10.4 Å². The summed E-state index contributed by atoms with van der Waals surface area (Å²) >= 11 is 0. The average molecular weight is 326 g/mol. The Bertz CT molecular complexity index is 730. The van der Waals surface area contributed by atoms with Gasteiger partial charge in [0.1, 0.15) is 11.3 Å².